The highest BCUT2D eigenvalue weighted by Gasteiger charge is 2.04. The Hall–Kier alpha value is -2.49. The summed E-state index contributed by atoms with van der Waals surface area (Å²) >= 11 is 0. The van der Waals surface area contributed by atoms with Crippen LogP contribution in [-0.4, -0.2) is 13.1 Å². The van der Waals surface area contributed by atoms with E-state index in [0.717, 1.165) is 22.5 Å². The molecule has 104 valence electrons. The van der Waals surface area contributed by atoms with Crippen molar-refractivity contribution < 1.29 is 9.53 Å². The minimum absolute atomic E-state index is 0.320. The van der Waals surface area contributed by atoms with Gasteiger partial charge in [-0.15, -0.1) is 0 Å². The van der Waals surface area contributed by atoms with Gasteiger partial charge in [-0.3, -0.25) is 0 Å². The summed E-state index contributed by atoms with van der Waals surface area (Å²) in [5.74, 6) is -0.320. The fourth-order valence-electron chi connectivity index (χ4n) is 1.96. The molecule has 0 aliphatic carbocycles. The van der Waals surface area contributed by atoms with Crippen LogP contribution in [0.4, 0.5) is 11.4 Å². The first-order valence-corrected chi connectivity index (χ1v) is 6.37. The average Bonchev–Trinajstić information content (AvgIpc) is 2.46. The Morgan fingerprint density at radius 1 is 1.20 bits per heavy atom. The first kappa shape index (κ1) is 13.9. The normalized spacial score (nSPS) is 10.1. The van der Waals surface area contributed by atoms with Crippen LogP contribution in [0.3, 0.4) is 0 Å². The van der Waals surface area contributed by atoms with Gasteiger partial charge >= 0.3 is 5.97 Å². The zero-order chi connectivity index (χ0) is 14.5. The summed E-state index contributed by atoms with van der Waals surface area (Å²) in [7, 11) is 1.38. The maximum atomic E-state index is 11.3. The summed E-state index contributed by atoms with van der Waals surface area (Å²) in [6, 6.07) is 13.1. The topological polar surface area (TPSA) is 64.3 Å². The van der Waals surface area contributed by atoms with Crippen molar-refractivity contribution >= 4 is 17.3 Å². The van der Waals surface area contributed by atoms with Gasteiger partial charge in [0.25, 0.3) is 0 Å². The second-order valence-electron chi connectivity index (χ2n) is 4.62. The standard InChI is InChI=1S/C16H18N2O2/c1-11-9-14(17)7-8-15(11)18-10-12-3-5-13(6-4-12)16(19)20-2/h3-9,18H,10,17H2,1-2H3. The molecule has 0 saturated heterocycles. The third kappa shape index (κ3) is 3.29. The van der Waals surface area contributed by atoms with Gasteiger partial charge in [0.15, 0.2) is 0 Å². The van der Waals surface area contributed by atoms with Crippen LogP contribution in [0.5, 0.6) is 0 Å². The Kier molecular flexibility index (Phi) is 4.25. The molecular weight excluding hydrogens is 252 g/mol. The molecule has 0 saturated carbocycles. The van der Waals surface area contributed by atoms with Crippen molar-refractivity contribution in [2.24, 2.45) is 0 Å². The first-order chi connectivity index (χ1) is 9.60. The first-order valence-electron chi connectivity index (χ1n) is 6.37. The quantitative estimate of drug-likeness (QED) is 0.662. The Balaban J connectivity index is 2.02. The van der Waals surface area contributed by atoms with Gasteiger partial charge in [0, 0.05) is 17.9 Å². The van der Waals surface area contributed by atoms with Crippen LogP contribution in [0, 0.1) is 6.92 Å². The van der Waals surface area contributed by atoms with Crippen molar-refractivity contribution in [2.75, 3.05) is 18.2 Å². The molecule has 2 aromatic carbocycles. The molecule has 0 amide bonds. The highest BCUT2D eigenvalue weighted by molar-refractivity contribution is 5.89. The lowest BCUT2D eigenvalue weighted by Crippen LogP contribution is -2.04. The van der Waals surface area contributed by atoms with Gasteiger partial charge in [-0.1, -0.05) is 12.1 Å². The summed E-state index contributed by atoms with van der Waals surface area (Å²) in [5, 5.41) is 3.35. The zero-order valence-electron chi connectivity index (χ0n) is 11.6. The molecular formula is C16H18N2O2. The van der Waals surface area contributed by atoms with E-state index in [2.05, 4.69) is 10.1 Å². The van der Waals surface area contributed by atoms with Crippen LogP contribution < -0.4 is 11.1 Å². The molecule has 4 nitrogen and oxygen atoms in total. The van der Waals surface area contributed by atoms with Crippen LogP contribution in [0.1, 0.15) is 21.5 Å². The van der Waals surface area contributed by atoms with Gasteiger partial charge in [-0.2, -0.15) is 0 Å². The summed E-state index contributed by atoms with van der Waals surface area (Å²) in [5.41, 5.74) is 10.3. The molecule has 2 rings (SSSR count). The summed E-state index contributed by atoms with van der Waals surface area (Å²) in [6.07, 6.45) is 0. The van der Waals surface area contributed by atoms with E-state index in [1.54, 1.807) is 12.1 Å². The van der Waals surface area contributed by atoms with E-state index >= 15 is 0 Å². The lowest BCUT2D eigenvalue weighted by atomic mass is 10.1. The number of aryl methyl sites for hydroxylation is 1. The maximum absolute atomic E-state index is 11.3. The van der Waals surface area contributed by atoms with E-state index < -0.39 is 0 Å². The minimum Gasteiger partial charge on any atom is -0.465 e. The van der Waals surface area contributed by atoms with Crippen LogP contribution >= 0.6 is 0 Å². The number of carbonyl (C=O) groups excluding carboxylic acids is 1. The number of hydrogen-bond donors (Lipinski definition) is 2. The summed E-state index contributed by atoms with van der Waals surface area (Å²) < 4.78 is 4.67. The van der Waals surface area contributed by atoms with E-state index in [4.69, 9.17) is 5.73 Å². The number of nitrogen functional groups attached to an aromatic ring is 1. The van der Waals surface area contributed by atoms with Crippen LogP contribution in [0.25, 0.3) is 0 Å². The molecule has 20 heavy (non-hydrogen) atoms. The van der Waals surface area contributed by atoms with Crippen molar-refractivity contribution in [3.05, 3.63) is 59.2 Å². The van der Waals surface area contributed by atoms with E-state index in [1.807, 2.05) is 37.3 Å². The molecule has 0 aliphatic heterocycles. The van der Waals surface area contributed by atoms with Crippen molar-refractivity contribution in [1.82, 2.24) is 0 Å². The summed E-state index contributed by atoms with van der Waals surface area (Å²) in [6.45, 7) is 2.70. The van der Waals surface area contributed by atoms with E-state index in [9.17, 15) is 4.79 Å². The van der Waals surface area contributed by atoms with E-state index in [1.165, 1.54) is 7.11 Å². The number of anilines is 2. The highest BCUT2D eigenvalue weighted by atomic mass is 16.5. The maximum Gasteiger partial charge on any atom is 0.337 e. The van der Waals surface area contributed by atoms with Crippen molar-refractivity contribution in [2.45, 2.75) is 13.5 Å². The number of nitrogens with one attached hydrogen (secondary N) is 1. The molecule has 2 aromatic rings. The molecule has 0 unspecified atom stereocenters. The van der Waals surface area contributed by atoms with Gasteiger partial charge in [-0.05, 0) is 48.4 Å². The minimum atomic E-state index is -0.320. The molecule has 4 heteroatoms. The SMILES string of the molecule is COC(=O)c1ccc(CNc2ccc(N)cc2C)cc1. The Morgan fingerprint density at radius 3 is 2.50 bits per heavy atom. The molecule has 0 bridgehead atoms. The number of carbonyl (C=O) groups is 1. The Bertz CT molecular complexity index is 606. The molecule has 0 atom stereocenters. The summed E-state index contributed by atoms with van der Waals surface area (Å²) in [4.78, 5) is 11.3. The second-order valence-corrected chi connectivity index (χ2v) is 4.62. The predicted octanol–water partition coefficient (Wildman–Crippen LogP) is 2.98. The molecule has 0 spiro atoms. The largest absolute Gasteiger partial charge is 0.465 e. The van der Waals surface area contributed by atoms with Gasteiger partial charge in [0.2, 0.25) is 0 Å². The predicted molar refractivity (Wildman–Crippen MR) is 80.7 cm³/mol. The van der Waals surface area contributed by atoms with Crippen LogP contribution in [0.2, 0.25) is 0 Å². The fourth-order valence-corrected chi connectivity index (χ4v) is 1.96. The lowest BCUT2D eigenvalue weighted by molar-refractivity contribution is 0.0600. The number of rotatable bonds is 4. The number of esters is 1. The van der Waals surface area contributed by atoms with Crippen LogP contribution in [0.15, 0.2) is 42.5 Å². The van der Waals surface area contributed by atoms with Gasteiger partial charge in [0.05, 0.1) is 12.7 Å². The average molecular weight is 270 g/mol. The number of hydrogen-bond acceptors (Lipinski definition) is 4. The van der Waals surface area contributed by atoms with E-state index in [-0.39, 0.29) is 5.97 Å². The number of ether oxygens (including phenoxy) is 1. The van der Waals surface area contributed by atoms with Crippen molar-refractivity contribution in [3.8, 4) is 0 Å². The van der Waals surface area contributed by atoms with Crippen molar-refractivity contribution in [1.29, 1.82) is 0 Å². The highest BCUT2D eigenvalue weighted by Crippen LogP contribution is 2.18. The third-order valence-electron chi connectivity index (χ3n) is 3.11. The van der Waals surface area contributed by atoms with Gasteiger partial charge in [-0.25, -0.2) is 4.79 Å². The fraction of sp³-hybridized carbons (Fsp3) is 0.188. The monoisotopic (exact) mass is 270 g/mol. The molecule has 0 aliphatic rings. The molecule has 3 N–H and O–H groups in total. The molecule has 0 aromatic heterocycles. The van der Waals surface area contributed by atoms with Gasteiger partial charge in [0.1, 0.15) is 0 Å². The third-order valence-corrected chi connectivity index (χ3v) is 3.11. The molecule has 0 heterocycles. The molecule has 0 fully saturated rings. The Labute approximate surface area is 118 Å². The smallest absolute Gasteiger partial charge is 0.337 e. The Morgan fingerprint density at radius 2 is 1.90 bits per heavy atom. The zero-order valence-corrected chi connectivity index (χ0v) is 11.6. The molecule has 0 radical (unpaired) electrons. The van der Waals surface area contributed by atoms with Gasteiger partial charge < -0.3 is 15.8 Å². The van der Waals surface area contributed by atoms with E-state index in [0.29, 0.717) is 12.1 Å². The lowest BCUT2D eigenvalue weighted by Gasteiger charge is -2.10. The number of benzene rings is 2. The number of nitrogens with two attached hydrogens (primary N) is 1. The number of methoxy groups -OCH3 is 1. The van der Waals surface area contributed by atoms with Crippen LogP contribution in [-0.2, 0) is 11.3 Å². The van der Waals surface area contributed by atoms with Crippen molar-refractivity contribution in [3.63, 3.8) is 0 Å². The second kappa shape index (κ2) is 6.10.